The molecule has 1 aromatic carbocycles. The average Bonchev–Trinajstić information content (AvgIpc) is 2.82. The summed E-state index contributed by atoms with van der Waals surface area (Å²) >= 11 is -3.17. The number of carbonyl (C=O) groups excluding carboxylic acids is 1. The molecule has 2 N–H and O–H groups in total. The molecular weight excluding hydrogens is 322 g/mol. The standard InChI is InChI=1S/C7H7NO.C5H5.6CH3.H4Si.Ti/c8-7(9)6-4-2-1-3-5-6;1-2-4-5-3-1;;;;;;;;/h1-5H,(H2,8,9);1-3H,4H2;6*1H3;1H4;. The van der Waals surface area contributed by atoms with Gasteiger partial charge in [0.05, 0.1) is 0 Å². The molecule has 1 amide bonds. The minimum atomic E-state index is -3.17. The number of hydrogen-bond donors (Lipinski definition) is 1. The van der Waals surface area contributed by atoms with Gasteiger partial charge in [0.25, 0.3) is 0 Å². The van der Waals surface area contributed by atoms with E-state index in [4.69, 9.17) is 5.73 Å². The SMILES string of the molecule is NC(=O)c1ccccc1.[CH3][Ti]([CH3])([CH3])([CH3])([CH3])([CH3])[C]1=CC=CC1.[SiH4]. The molecule has 0 saturated heterocycles. The van der Waals surface area contributed by atoms with Crippen LogP contribution >= 0.6 is 0 Å². The van der Waals surface area contributed by atoms with Crippen molar-refractivity contribution in [3.63, 3.8) is 0 Å². The normalized spacial score (nSPS) is 18.3. The van der Waals surface area contributed by atoms with Gasteiger partial charge in [-0.15, -0.1) is 0 Å². The predicted molar refractivity (Wildman–Crippen MR) is 103 cm³/mol. The maximum Gasteiger partial charge on any atom is -0.0149 e. The number of benzene rings is 1. The van der Waals surface area contributed by atoms with Crippen LogP contribution in [0.5, 0.6) is 0 Å². The van der Waals surface area contributed by atoms with Crippen molar-refractivity contribution in [3.05, 3.63) is 58.0 Å². The second kappa shape index (κ2) is 5.05. The molecule has 0 aromatic heterocycles. The van der Waals surface area contributed by atoms with Crippen molar-refractivity contribution < 1.29 is 17.5 Å². The summed E-state index contributed by atoms with van der Waals surface area (Å²) in [6, 6.07) is 8.76. The van der Waals surface area contributed by atoms with Crippen LogP contribution in [-0.2, 0) is 12.7 Å². The Balaban J connectivity index is 0.000000397. The van der Waals surface area contributed by atoms with Gasteiger partial charge >= 0.3 is 72.6 Å². The Morgan fingerprint density at radius 2 is 1.50 bits per heavy atom. The van der Waals surface area contributed by atoms with Gasteiger partial charge in [-0.25, -0.2) is 0 Å². The van der Waals surface area contributed by atoms with Gasteiger partial charge in [0.15, 0.2) is 0 Å². The van der Waals surface area contributed by atoms with Crippen molar-refractivity contribution in [2.75, 3.05) is 0 Å². The maximum atomic E-state index is 10.4. The first-order valence-corrected chi connectivity index (χ1v) is 17.8. The summed E-state index contributed by atoms with van der Waals surface area (Å²) in [5, 5.41) is 15.0. The predicted octanol–water partition coefficient (Wildman–Crippen LogP) is 4.21. The first-order valence-electron chi connectivity index (χ1n) is 7.62. The molecule has 1 aliphatic rings. The van der Waals surface area contributed by atoms with Crippen LogP contribution in [0.4, 0.5) is 0 Å². The van der Waals surface area contributed by atoms with E-state index in [1.807, 2.05) is 6.07 Å². The molecule has 0 atom stereocenters. The molecule has 22 heavy (non-hydrogen) atoms. The summed E-state index contributed by atoms with van der Waals surface area (Å²) in [6.07, 6.45) is 7.97. The topological polar surface area (TPSA) is 43.1 Å². The Labute approximate surface area is 135 Å². The fourth-order valence-electron chi connectivity index (χ4n) is 2.16. The quantitative estimate of drug-likeness (QED) is 0.793. The number of nitrogens with two attached hydrogens (primary N) is 1. The summed E-state index contributed by atoms with van der Waals surface area (Å²) in [5.41, 5.74) is 5.53. The summed E-state index contributed by atoms with van der Waals surface area (Å²) in [6.45, 7) is 0. The van der Waals surface area contributed by atoms with Gasteiger partial charge in [0.1, 0.15) is 0 Å². The Morgan fingerprint density at radius 1 is 1.00 bits per heavy atom. The van der Waals surface area contributed by atoms with E-state index in [2.05, 4.69) is 49.6 Å². The van der Waals surface area contributed by atoms with Crippen LogP contribution in [0.2, 0.25) is 31.4 Å². The number of hydrogen-bond acceptors (Lipinski definition) is 1. The van der Waals surface area contributed by atoms with Crippen molar-refractivity contribution in [1.82, 2.24) is 0 Å². The molecule has 1 aliphatic carbocycles. The second-order valence-electron chi connectivity index (χ2n) is 12.1. The van der Waals surface area contributed by atoms with E-state index in [9.17, 15) is 4.79 Å². The van der Waals surface area contributed by atoms with Crippen molar-refractivity contribution in [2.24, 2.45) is 5.73 Å². The molecule has 2 nitrogen and oxygen atoms in total. The Morgan fingerprint density at radius 3 is 1.73 bits per heavy atom. The number of rotatable bonds is 2. The Bertz CT molecular complexity index is 611. The minimum absolute atomic E-state index is 0. The second-order valence-corrected chi connectivity index (χ2v) is 41.2. The number of allylic oxidation sites excluding steroid dienone is 4. The molecule has 0 fully saturated rings. The van der Waals surface area contributed by atoms with Crippen LogP contribution in [0.1, 0.15) is 16.8 Å². The van der Waals surface area contributed by atoms with Crippen LogP contribution in [0, 0.1) is 0 Å². The fourth-order valence-corrected chi connectivity index (χ4v) is 5.97. The molecule has 4 heteroatoms. The van der Waals surface area contributed by atoms with Gasteiger partial charge in [-0.3, -0.25) is 4.79 Å². The van der Waals surface area contributed by atoms with E-state index < -0.39 is 12.7 Å². The summed E-state index contributed by atoms with van der Waals surface area (Å²) in [4.78, 5) is 10.4. The van der Waals surface area contributed by atoms with Crippen molar-refractivity contribution in [2.45, 2.75) is 37.8 Å². The average molecular weight is 356 g/mol. The summed E-state index contributed by atoms with van der Waals surface area (Å²) in [5.74, 6) is -0.379. The van der Waals surface area contributed by atoms with E-state index in [0.29, 0.717) is 5.56 Å². The molecule has 0 radical (unpaired) electrons. The third-order valence-electron chi connectivity index (χ3n) is 3.76. The van der Waals surface area contributed by atoms with Gasteiger partial charge < -0.3 is 5.73 Å². The van der Waals surface area contributed by atoms with Crippen LogP contribution in [0.3, 0.4) is 0 Å². The molecule has 0 saturated carbocycles. The molecule has 2 rings (SSSR count). The number of primary amides is 1. The molecule has 0 heterocycles. The van der Waals surface area contributed by atoms with Crippen LogP contribution in [-0.4, -0.2) is 16.9 Å². The first kappa shape index (κ1) is 21.1. The molecule has 0 unspecified atom stereocenters. The van der Waals surface area contributed by atoms with Crippen molar-refractivity contribution in [1.29, 1.82) is 0 Å². The monoisotopic (exact) mass is 356 g/mol. The third-order valence-corrected chi connectivity index (χ3v) is 10.4. The third kappa shape index (κ3) is 6.91. The van der Waals surface area contributed by atoms with E-state index in [0.717, 1.165) is 0 Å². The van der Waals surface area contributed by atoms with E-state index in [-0.39, 0.29) is 16.9 Å². The van der Waals surface area contributed by atoms with Gasteiger partial charge in [-0.2, -0.15) is 0 Å². The summed E-state index contributed by atoms with van der Waals surface area (Å²) in [7, 11) is 0. The van der Waals surface area contributed by atoms with Crippen LogP contribution < -0.4 is 5.73 Å². The molecular formula is C18H34NOSiTi. The molecule has 0 spiro atoms. The molecule has 1 aromatic rings. The number of carbonyl (C=O) groups is 1. The van der Waals surface area contributed by atoms with Crippen molar-refractivity contribution in [3.8, 4) is 0 Å². The zero-order chi connectivity index (χ0) is 16.5. The Hall–Kier alpha value is -0.899. The molecule has 0 aliphatic heterocycles. The zero-order valence-corrected chi connectivity index (χ0v) is 15.9. The Kier molecular flexibility index (Phi) is 4.85. The zero-order valence-electron chi connectivity index (χ0n) is 14.3. The first-order chi connectivity index (χ1) is 9.11. The smallest absolute Gasteiger partial charge is 0.0149 e. The molecule has 0 bridgehead atoms. The minimum Gasteiger partial charge on any atom is -0.0149 e. The summed E-state index contributed by atoms with van der Waals surface area (Å²) < 4.78 is 1.67. The van der Waals surface area contributed by atoms with Crippen molar-refractivity contribution >= 4 is 16.9 Å². The van der Waals surface area contributed by atoms with Gasteiger partial charge in [0.2, 0.25) is 5.91 Å². The van der Waals surface area contributed by atoms with Gasteiger partial charge in [-0.05, 0) is 23.1 Å². The van der Waals surface area contributed by atoms with E-state index in [1.165, 1.54) is 6.42 Å². The van der Waals surface area contributed by atoms with E-state index in [1.54, 1.807) is 28.1 Å². The fraction of sp³-hybridized carbons (Fsp3) is 0.389. The van der Waals surface area contributed by atoms with Crippen LogP contribution in [0.25, 0.3) is 0 Å². The molecule has 125 valence electrons. The van der Waals surface area contributed by atoms with Gasteiger partial charge in [-0.1, -0.05) is 18.2 Å². The number of amides is 1. The van der Waals surface area contributed by atoms with Gasteiger partial charge in [0, 0.05) is 5.56 Å². The maximum absolute atomic E-state index is 10.4. The van der Waals surface area contributed by atoms with E-state index >= 15 is 0 Å². The van der Waals surface area contributed by atoms with Crippen LogP contribution in [0.15, 0.2) is 52.4 Å². The largest absolute Gasteiger partial charge is 0.0149 e.